The lowest BCUT2D eigenvalue weighted by atomic mass is 10.1. The van der Waals surface area contributed by atoms with E-state index >= 15 is 0 Å². The highest BCUT2D eigenvalue weighted by atomic mass is 15.4. The molecule has 0 bridgehead atoms. The molecule has 0 spiro atoms. The molecule has 1 aliphatic heterocycles. The van der Waals surface area contributed by atoms with Gasteiger partial charge in [0.1, 0.15) is 5.69 Å². The maximum Gasteiger partial charge on any atom is 0.116 e. The van der Waals surface area contributed by atoms with Gasteiger partial charge in [-0.2, -0.15) is 0 Å². The molecule has 1 aromatic carbocycles. The van der Waals surface area contributed by atoms with E-state index in [4.69, 9.17) is 5.73 Å². The molecule has 4 rings (SSSR count). The fourth-order valence-electron chi connectivity index (χ4n) is 2.75. The van der Waals surface area contributed by atoms with E-state index in [0.29, 0.717) is 12.2 Å². The Morgan fingerprint density at radius 3 is 3.00 bits per heavy atom. The van der Waals surface area contributed by atoms with Gasteiger partial charge in [0, 0.05) is 36.7 Å². The van der Waals surface area contributed by atoms with Crippen molar-refractivity contribution in [1.82, 2.24) is 25.3 Å². The van der Waals surface area contributed by atoms with Crippen molar-refractivity contribution >= 4 is 5.69 Å². The number of nitrogens with two attached hydrogens (primary N) is 1. The number of anilines is 1. The highest BCUT2D eigenvalue weighted by molar-refractivity contribution is 5.71. The third-order valence-electron chi connectivity index (χ3n) is 3.92. The Labute approximate surface area is 128 Å². The largest absolute Gasteiger partial charge is 0.398 e. The summed E-state index contributed by atoms with van der Waals surface area (Å²) in [5.41, 5.74) is 12.1. The lowest BCUT2D eigenvalue weighted by Crippen LogP contribution is -2.01. The fraction of sp³-hybridized carbons (Fsp3) is 0.188. The average Bonchev–Trinajstić information content (AvgIpc) is 3.16. The molecule has 0 atom stereocenters. The molecular formula is C16H16N6. The minimum Gasteiger partial charge on any atom is -0.398 e. The van der Waals surface area contributed by atoms with Crippen molar-refractivity contribution in [2.45, 2.75) is 19.6 Å². The van der Waals surface area contributed by atoms with Crippen molar-refractivity contribution in [3.8, 4) is 11.3 Å². The standard InChI is InChI=1S/C16H16N6/c17-15-3-4-18-8-14(15)16-10-22(21-20-16)9-11-1-2-12-6-19-7-13(12)5-11/h1-5,8,10,19H,6-7,9H2,(H2,17,18). The summed E-state index contributed by atoms with van der Waals surface area (Å²) in [6, 6.07) is 8.32. The zero-order valence-electron chi connectivity index (χ0n) is 12.0. The van der Waals surface area contributed by atoms with Gasteiger partial charge in [-0.1, -0.05) is 23.4 Å². The van der Waals surface area contributed by atoms with Crippen LogP contribution in [0.2, 0.25) is 0 Å². The van der Waals surface area contributed by atoms with Crippen LogP contribution in [0.15, 0.2) is 42.9 Å². The number of fused-ring (bicyclic) bond motifs is 1. The average molecular weight is 292 g/mol. The molecule has 0 radical (unpaired) electrons. The fourth-order valence-corrected chi connectivity index (χ4v) is 2.75. The zero-order chi connectivity index (χ0) is 14.9. The summed E-state index contributed by atoms with van der Waals surface area (Å²) < 4.78 is 1.83. The highest BCUT2D eigenvalue weighted by Crippen LogP contribution is 2.22. The second-order valence-electron chi connectivity index (χ2n) is 5.47. The van der Waals surface area contributed by atoms with Gasteiger partial charge in [-0.3, -0.25) is 4.98 Å². The first-order valence-electron chi connectivity index (χ1n) is 7.21. The number of nitrogens with zero attached hydrogens (tertiary/aromatic N) is 4. The van der Waals surface area contributed by atoms with E-state index in [-0.39, 0.29) is 0 Å². The minimum absolute atomic E-state index is 0.658. The molecule has 2 aromatic heterocycles. The predicted molar refractivity (Wildman–Crippen MR) is 83.8 cm³/mol. The Hall–Kier alpha value is -2.73. The molecule has 6 nitrogen and oxygen atoms in total. The first-order valence-corrected chi connectivity index (χ1v) is 7.21. The van der Waals surface area contributed by atoms with E-state index in [2.05, 4.69) is 38.8 Å². The number of aromatic nitrogens is 4. The highest BCUT2D eigenvalue weighted by Gasteiger charge is 2.11. The van der Waals surface area contributed by atoms with Crippen molar-refractivity contribution in [2.24, 2.45) is 0 Å². The first-order chi connectivity index (χ1) is 10.8. The molecule has 1 aliphatic rings. The number of hydrogen-bond acceptors (Lipinski definition) is 5. The molecule has 0 saturated heterocycles. The maximum atomic E-state index is 5.95. The molecule has 22 heavy (non-hydrogen) atoms. The topological polar surface area (TPSA) is 81.6 Å². The lowest BCUT2D eigenvalue weighted by molar-refractivity contribution is 0.649. The van der Waals surface area contributed by atoms with Crippen LogP contribution in [0.5, 0.6) is 0 Å². The Balaban J connectivity index is 1.59. The molecule has 110 valence electrons. The third-order valence-corrected chi connectivity index (χ3v) is 3.92. The molecule has 3 heterocycles. The van der Waals surface area contributed by atoms with Gasteiger partial charge in [0.15, 0.2) is 0 Å². The van der Waals surface area contributed by atoms with Crippen molar-refractivity contribution < 1.29 is 0 Å². The Morgan fingerprint density at radius 2 is 2.09 bits per heavy atom. The van der Waals surface area contributed by atoms with Crippen LogP contribution < -0.4 is 11.1 Å². The molecule has 0 amide bonds. The Bertz CT molecular complexity index is 823. The normalized spacial score (nSPS) is 13.3. The second-order valence-corrected chi connectivity index (χ2v) is 5.47. The summed E-state index contributed by atoms with van der Waals surface area (Å²) in [6.07, 6.45) is 5.28. The molecular weight excluding hydrogens is 276 g/mol. The number of rotatable bonds is 3. The lowest BCUT2D eigenvalue weighted by Gasteiger charge is -2.04. The third kappa shape index (κ3) is 2.33. The molecule has 0 aliphatic carbocycles. The van der Waals surface area contributed by atoms with Crippen LogP contribution in [0.3, 0.4) is 0 Å². The van der Waals surface area contributed by atoms with Crippen LogP contribution in [0.1, 0.15) is 16.7 Å². The van der Waals surface area contributed by atoms with E-state index in [1.807, 2.05) is 10.9 Å². The molecule has 3 aromatic rings. The van der Waals surface area contributed by atoms with Crippen molar-refractivity contribution in [1.29, 1.82) is 0 Å². The van der Waals surface area contributed by atoms with Crippen molar-refractivity contribution in [3.05, 3.63) is 59.5 Å². The summed E-state index contributed by atoms with van der Waals surface area (Å²) in [4.78, 5) is 4.09. The molecule has 6 heteroatoms. The predicted octanol–water partition coefficient (Wildman–Crippen LogP) is 1.57. The van der Waals surface area contributed by atoms with Gasteiger partial charge in [0.2, 0.25) is 0 Å². The number of nitrogens with one attached hydrogen (secondary N) is 1. The van der Waals surface area contributed by atoms with E-state index in [0.717, 1.165) is 24.3 Å². The van der Waals surface area contributed by atoms with Crippen molar-refractivity contribution in [3.63, 3.8) is 0 Å². The van der Waals surface area contributed by atoms with Crippen molar-refractivity contribution in [2.75, 3.05) is 5.73 Å². The first kappa shape index (κ1) is 13.0. The summed E-state index contributed by atoms with van der Waals surface area (Å²) in [6.45, 7) is 2.60. The molecule has 0 saturated carbocycles. The Morgan fingerprint density at radius 1 is 1.18 bits per heavy atom. The van der Waals surface area contributed by atoms with E-state index in [1.54, 1.807) is 18.5 Å². The zero-order valence-corrected chi connectivity index (χ0v) is 12.0. The number of hydrogen-bond donors (Lipinski definition) is 2. The van der Waals surface area contributed by atoms with E-state index < -0.39 is 0 Å². The number of benzene rings is 1. The number of pyridine rings is 1. The van der Waals surface area contributed by atoms with Gasteiger partial charge in [-0.25, -0.2) is 4.68 Å². The van der Waals surface area contributed by atoms with Gasteiger partial charge in [-0.15, -0.1) is 5.10 Å². The van der Waals surface area contributed by atoms with Crippen LogP contribution in [0, 0.1) is 0 Å². The summed E-state index contributed by atoms with van der Waals surface area (Å²) >= 11 is 0. The molecule has 3 N–H and O–H groups in total. The monoisotopic (exact) mass is 292 g/mol. The summed E-state index contributed by atoms with van der Waals surface area (Å²) in [7, 11) is 0. The van der Waals surface area contributed by atoms with E-state index in [9.17, 15) is 0 Å². The summed E-state index contributed by atoms with van der Waals surface area (Å²) in [5, 5.41) is 11.7. The van der Waals surface area contributed by atoms with Gasteiger partial charge in [0.25, 0.3) is 0 Å². The smallest absolute Gasteiger partial charge is 0.116 e. The van der Waals surface area contributed by atoms with Crippen LogP contribution in [-0.2, 0) is 19.6 Å². The van der Waals surface area contributed by atoms with Gasteiger partial charge < -0.3 is 11.1 Å². The minimum atomic E-state index is 0.658. The van der Waals surface area contributed by atoms with Crippen LogP contribution in [0.25, 0.3) is 11.3 Å². The van der Waals surface area contributed by atoms with Crippen LogP contribution in [0.4, 0.5) is 5.69 Å². The van der Waals surface area contributed by atoms with Crippen LogP contribution >= 0.6 is 0 Å². The summed E-state index contributed by atoms with van der Waals surface area (Å²) in [5.74, 6) is 0. The number of nitrogen functional groups attached to an aromatic ring is 1. The van der Waals surface area contributed by atoms with E-state index in [1.165, 1.54) is 16.7 Å². The van der Waals surface area contributed by atoms with Gasteiger partial charge >= 0.3 is 0 Å². The maximum absolute atomic E-state index is 5.95. The SMILES string of the molecule is Nc1ccncc1-c1cn(Cc2ccc3c(c2)CNC3)nn1. The second kappa shape index (κ2) is 5.23. The molecule has 0 unspecified atom stereocenters. The van der Waals surface area contributed by atoms with Gasteiger partial charge in [0.05, 0.1) is 12.7 Å². The molecule has 0 fully saturated rings. The van der Waals surface area contributed by atoms with Crippen LogP contribution in [-0.4, -0.2) is 20.0 Å². The quantitative estimate of drug-likeness (QED) is 0.766. The van der Waals surface area contributed by atoms with Gasteiger partial charge in [-0.05, 0) is 22.8 Å². The Kier molecular flexibility index (Phi) is 3.08.